The van der Waals surface area contributed by atoms with Gasteiger partial charge in [-0.05, 0) is 46.6 Å². The summed E-state index contributed by atoms with van der Waals surface area (Å²) in [7, 11) is 0. The van der Waals surface area contributed by atoms with Crippen molar-refractivity contribution >= 4 is 15.9 Å². The molecule has 0 aliphatic carbocycles. The number of rotatable bonds is 5. The van der Waals surface area contributed by atoms with E-state index in [1.165, 1.54) is 0 Å². The van der Waals surface area contributed by atoms with E-state index >= 15 is 0 Å². The Bertz CT molecular complexity index is 598. The lowest BCUT2D eigenvalue weighted by atomic mass is 10.1. The van der Waals surface area contributed by atoms with Crippen LogP contribution in [0.25, 0.3) is 5.69 Å². The van der Waals surface area contributed by atoms with Crippen LogP contribution in [0.3, 0.4) is 0 Å². The third kappa shape index (κ3) is 3.43. The average Bonchev–Trinajstić information content (AvgIpc) is 2.85. The smallest absolute Gasteiger partial charge is 0.101 e. The van der Waals surface area contributed by atoms with Crippen LogP contribution < -0.4 is 5.32 Å². The number of hydrogen-bond donors (Lipinski definition) is 1. The van der Waals surface area contributed by atoms with Crippen molar-refractivity contribution in [3.63, 3.8) is 0 Å². The van der Waals surface area contributed by atoms with E-state index in [4.69, 9.17) is 0 Å². The first kappa shape index (κ1) is 13.8. The van der Waals surface area contributed by atoms with Crippen molar-refractivity contribution in [2.45, 2.75) is 19.9 Å². The molecule has 0 unspecified atom stereocenters. The molecule has 0 amide bonds. The first-order chi connectivity index (χ1) is 9.24. The van der Waals surface area contributed by atoms with Crippen molar-refractivity contribution in [3.05, 3.63) is 46.2 Å². The van der Waals surface area contributed by atoms with Gasteiger partial charge in [0.25, 0.3) is 0 Å². The van der Waals surface area contributed by atoms with E-state index in [0.717, 1.165) is 35.2 Å². The lowest BCUT2D eigenvalue weighted by Crippen LogP contribution is -2.14. The number of halogens is 1. The van der Waals surface area contributed by atoms with Crippen molar-refractivity contribution in [2.75, 3.05) is 6.54 Å². The van der Waals surface area contributed by atoms with Gasteiger partial charge in [-0.3, -0.25) is 0 Å². The number of benzene rings is 1. The number of nitrogens with one attached hydrogen (secondary N) is 1. The van der Waals surface area contributed by atoms with Gasteiger partial charge in [0.05, 0.1) is 21.9 Å². The third-order valence-electron chi connectivity index (χ3n) is 2.74. The van der Waals surface area contributed by atoms with Gasteiger partial charge in [0.1, 0.15) is 6.07 Å². The first-order valence-corrected chi connectivity index (χ1v) is 6.98. The Morgan fingerprint density at radius 3 is 2.95 bits per heavy atom. The fourth-order valence-corrected chi connectivity index (χ4v) is 2.11. The molecule has 98 valence electrons. The second kappa shape index (κ2) is 6.50. The summed E-state index contributed by atoms with van der Waals surface area (Å²) in [6.45, 7) is 3.90. The lowest BCUT2D eigenvalue weighted by Gasteiger charge is -2.08. The fraction of sp³-hybridized carbons (Fsp3) is 0.286. The largest absolute Gasteiger partial charge is 0.313 e. The van der Waals surface area contributed by atoms with E-state index < -0.39 is 0 Å². The van der Waals surface area contributed by atoms with E-state index in [2.05, 4.69) is 39.3 Å². The number of aromatic nitrogens is 2. The molecule has 0 bridgehead atoms. The van der Waals surface area contributed by atoms with Crippen molar-refractivity contribution in [2.24, 2.45) is 0 Å². The van der Waals surface area contributed by atoms with Crippen molar-refractivity contribution in [1.29, 1.82) is 5.26 Å². The van der Waals surface area contributed by atoms with E-state index in [1.807, 2.05) is 24.4 Å². The minimum atomic E-state index is 0.631. The molecule has 0 saturated heterocycles. The van der Waals surface area contributed by atoms with Crippen LogP contribution in [0.4, 0.5) is 0 Å². The second-order valence-electron chi connectivity index (χ2n) is 4.24. The highest BCUT2D eigenvalue weighted by Crippen LogP contribution is 2.18. The molecule has 0 aliphatic rings. The summed E-state index contributed by atoms with van der Waals surface area (Å²) in [6, 6.07) is 8.09. The van der Waals surface area contributed by atoms with Crippen LogP contribution >= 0.6 is 15.9 Å². The Labute approximate surface area is 121 Å². The fourth-order valence-electron chi connectivity index (χ4n) is 1.82. The van der Waals surface area contributed by atoms with Crippen LogP contribution in [-0.2, 0) is 6.54 Å². The molecular formula is C14H15BrN4. The van der Waals surface area contributed by atoms with Gasteiger partial charge < -0.3 is 5.32 Å². The minimum absolute atomic E-state index is 0.631. The summed E-state index contributed by atoms with van der Waals surface area (Å²) in [5.74, 6) is 0. The number of nitriles is 1. The van der Waals surface area contributed by atoms with E-state index in [1.54, 1.807) is 10.9 Å². The summed E-state index contributed by atoms with van der Waals surface area (Å²) >= 11 is 3.36. The maximum atomic E-state index is 9.26. The maximum Gasteiger partial charge on any atom is 0.101 e. The van der Waals surface area contributed by atoms with Crippen molar-refractivity contribution in [1.82, 2.24) is 15.1 Å². The van der Waals surface area contributed by atoms with E-state index in [-0.39, 0.29) is 0 Å². The molecule has 5 heteroatoms. The van der Waals surface area contributed by atoms with Gasteiger partial charge >= 0.3 is 0 Å². The van der Waals surface area contributed by atoms with Crippen LogP contribution in [0.5, 0.6) is 0 Å². The molecule has 0 fully saturated rings. The van der Waals surface area contributed by atoms with E-state index in [0.29, 0.717) is 5.56 Å². The van der Waals surface area contributed by atoms with Crippen molar-refractivity contribution in [3.8, 4) is 11.8 Å². The molecule has 0 spiro atoms. The molecule has 0 atom stereocenters. The second-order valence-corrected chi connectivity index (χ2v) is 5.16. The monoisotopic (exact) mass is 318 g/mol. The zero-order valence-electron chi connectivity index (χ0n) is 10.7. The van der Waals surface area contributed by atoms with Gasteiger partial charge in [0.2, 0.25) is 0 Å². The summed E-state index contributed by atoms with van der Waals surface area (Å²) in [5.41, 5.74) is 2.54. The quantitative estimate of drug-likeness (QED) is 0.862. The lowest BCUT2D eigenvalue weighted by molar-refractivity contribution is 0.675. The molecule has 2 aromatic rings. The van der Waals surface area contributed by atoms with Crippen LogP contribution in [0.1, 0.15) is 24.5 Å². The van der Waals surface area contributed by atoms with E-state index in [9.17, 15) is 5.26 Å². The Balaban J connectivity index is 2.24. The van der Waals surface area contributed by atoms with Crippen molar-refractivity contribution < 1.29 is 0 Å². The van der Waals surface area contributed by atoms with Gasteiger partial charge in [0, 0.05) is 12.7 Å². The van der Waals surface area contributed by atoms with Gasteiger partial charge in [-0.1, -0.05) is 13.0 Å². The highest BCUT2D eigenvalue weighted by Gasteiger charge is 2.07. The highest BCUT2D eigenvalue weighted by molar-refractivity contribution is 9.10. The summed E-state index contributed by atoms with van der Waals surface area (Å²) in [4.78, 5) is 0. The molecule has 0 radical (unpaired) electrons. The molecule has 1 aromatic carbocycles. The number of hydrogen-bond acceptors (Lipinski definition) is 3. The van der Waals surface area contributed by atoms with Gasteiger partial charge in [-0.15, -0.1) is 0 Å². The molecule has 0 saturated carbocycles. The SMILES string of the molecule is CCCNCc1ccc(-n2cc(Br)cn2)c(C#N)c1. The number of nitrogens with zero attached hydrogens (tertiary/aromatic N) is 3. The molecule has 1 aromatic heterocycles. The minimum Gasteiger partial charge on any atom is -0.313 e. The van der Waals surface area contributed by atoms with Crippen LogP contribution in [-0.4, -0.2) is 16.3 Å². The molecule has 2 rings (SSSR count). The molecular weight excluding hydrogens is 304 g/mol. The third-order valence-corrected chi connectivity index (χ3v) is 3.14. The molecule has 1 heterocycles. The average molecular weight is 319 g/mol. The van der Waals surface area contributed by atoms with Gasteiger partial charge in [0.15, 0.2) is 0 Å². The van der Waals surface area contributed by atoms with Gasteiger partial charge in [-0.25, -0.2) is 4.68 Å². The topological polar surface area (TPSA) is 53.6 Å². The summed E-state index contributed by atoms with van der Waals surface area (Å²) in [5, 5.41) is 16.8. The molecule has 4 nitrogen and oxygen atoms in total. The Morgan fingerprint density at radius 2 is 2.32 bits per heavy atom. The zero-order valence-corrected chi connectivity index (χ0v) is 12.3. The molecule has 0 aliphatic heterocycles. The highest BCUT2D eigenvalue weighted by atomic mass is 79.9. The van der Waals surface area contributed by atoms with Crippen LogP contribution in [0, 0.1) is 11.3 Å². The predicted molar refractivity (Wildman–Crippen MR) is 78.0 cm³/mol. The Kier molecular flexibility index (Phi) is 4.72. The normalized spacial score (nSPS) is 10.4. The zero-order chi connectivity index (χ0) is 13.7. The maximum absolute atomic E-state index is 9.26. The van der Waals surface area contributed by atoms with Gasteiger partial charge in [-0.2, -0.15) is 10.4 Å². The van der Waals surface area contributed by atoms with Crippen LogP contribution in [0.15, 0.2) is 35.1 Å². The molecule has 19 heavy (non-hydrogen) atoms. The summed E-state index contributed by atoms with van der Waals surface area (Å²) < 4.78 is 2.59. The summed E-state index contributed by atoms with van der Waals surface area (Å²) in [6.07, 6.45) is 4.65. The Hall–Kier alpha value is -1.64. The predicted octanol–water partition coefficient (Wildman–Crippen LogP) is 3.01. The molecule has 1 N–H and O–H groups in total. The Morgan fingerprint density at radius 1 is 1.47 bits per heavy atom. The standard InChI is InChI=1S/C14H15BrN4/c1-2-5-17-8-11-3-4-14(12(6-11)7-16)19-10-13(15)9-18-19/h3-4,6,9-10,17H,2,5,8H2,1H3. The van der Waals surface area contributed by atoms with Crippen LogP contribution in [0.2, 0.25) is 0 Å². The first-order valence-electron chi connectivity index (χ1n) is 6.19.